The Bertz CT molecular complexity index is 1250. The first-order chi connectivity index (χ1) is 18.8. The highest BCUT2D eigenvalue weighted by Crippen LogP contribution is 2.35. The van der Waals surface area contributed by atoms with E-state index in [1.54, 1.807) is 61.4 Å². The molecule has 1 fully saturated rings. The number of carbonyl (C=O) groups is 3. The van der Waals surface area contributed by atoms with E-state index in [0.29, 0.717) is 65.9 Å². The van der Waals surface area contributed by atoms with Gasteiger partial charge in [-0.25, -0.2) is 9.59 Å². The second-order valence-electron chi connectivity index (χ2n) is 9.54. The van der Waals surface area contributed by atoms with Crippen LogP contribution in [0.25, 0.3) is 0 Å². The van der Waals surface area contributed by atoms with Gasteiger partial charge in [0, 0.05) is 55.0 Å². The number of urea groups is 1. The summed E-state index contributed by atoms with van der Waals surface area (Å²) in [5.41, 5.74) is 2.20. The zero-order chi connectivity index (χ0) is 28.1. The van der Waals surface area contributed by atoms with Gasteiger partial charge in [-0.15, -0.1) is 0 Å². The lowest BCUT2D eigenvalue weighted by atomic mass is 9.94. The van der Waals surface area contributed by atoms with Gasteiger partial charge in [0.05, 0.1) is 25.3 Å². The first-order valence-corrected chi connectivity index (χ1v) is 13.6. The Morgan fingerprint density at radius 2 is 1.79 bits per heavy atom. The topological polar surface area (TPSA) is 91.4 Å². The number of nitrogens with one attached hydrogen (secondary N) is 1. The van der Waals surface area contributed by atoms with Crippen molar-refractivity contribution in [2.45, 2.75) is 32.9 Å². The fourth-order valence-electron chi connectivity index (χ4n) is 5.19. The van der Waals surface area contributed by atoms with Gasteiger partial charge < -0.3 is 19.7 Å². The number of hydrogen-bond donors (Lipinski definition) is 1. The molecule has 0 spiro atoms. The SMILES string of the molecule is CCOC(=O)C1=C(CN2CCN(C(=O)c3ccc(OC)cc3)[C@H](C)C2)N(CC)C(=O)N[C@H]1c1ccccc1Cl. The van der Waals surface area contributed by atoms with Crippen molar-refractivity contribution in [3.8, 4) is 5.75 Å². The zero-order valence-electron chi connectivity index (χ0n) is 22.8. The highest BCUT2D eigenvalue weighted by Gasteiger charge is 2.40. The van der Waals surface area contributed by atoms with Crippen LogP contribution in [0.3, 0.4) is 0 Å². The van der Waals surface area contributed by atoms with Crippen molar-refractivity contribution in [1.29, 1.82) is 0 Å². The van der Waals surface area contributed by atoms with Gasteiger partial charge in [-0.3, -0.25) is 14.6 Å². The molecule has 2 aromatic rings. The highest BCUT2D eigenvalue weighted by atomic mass is 35.5. The zero-order valence-corrected chi connectivity index (χ0v) is 23.5. The molecule has 9 nitrogen and oxygen atoms in total. The molecular weight excluding hydrogens is 520 g/mol. The number of benzene rings is 2. The monoisotopic (exact) mass is 554 g/mol. The summed E-state index contributed by atoms with van der Waals surface area (Å²) < 4.78 is 10.7. The molecule has 0 radical (unpaired) electrons. The first-order valence-electron chi connectivity index (χ1n) is 13.2. The average Bonchev–Trinajstić information content (AvgIpc) is 2.93. The van der Waals surface area contributed by atoms with Crippen molar-refractivity contribution in [3.05, 3.63) is 76.0 Å². The number of hydrogen-bond acceptors (Lipinski definition) is 6. The van der Waals surface area contributed by atoms with Crippen LogP contribution in [0.15, 0.2) is 59.8 Å². The predicted molar refractivity (Wildman–Crippen MR) is 149 cm³/mol. The van der Waals surface area contributed by atoms with Crippen LogP contribution in [-0.2, 0) is 9.53 Å². The predicted octanol–water partition coefficient (Wildman–Crippen LogP) is 4.10. The summed E-state index contributed by atoms with van der Waals surface area (Å²) in [6.07, 6.45) is 0. The lowest BCUT2D eigenvalue weighted by Gasteiger charge is -2.43. The maximum absolute atomic E-state index is 13.3. The molecule has 2 aliphatic rings. The van der Waals surface area contributed by atoms with Crippen LogP contribution in [-0.4, -0.2) is 85.1 Å². The van der Waals surface area contributed by atoms with Gasteiger partial charge in [-0.05, 0) is 56.7 Å². The molecule has 2 aromatic carbocycles. The van der Waals surface area contributed by atoms with Crippen molar-refractivity contribution in [2.24, 2.45) is 0 Å². The van der Waals surface area contributed by atoms with Crippen molar-refractivity contribution < 1.29 is 23.9 Å². The molecule has 2 atom stereocenters. The van der Waals surface area contributed by atoms with Gasteiger partial charge in [0.1, 0.15) is 5.75 Å². The van der Waals surface area contributed by atoms with Crippen molar-refractivity contribution in [1.82, 2.24) is 20.0 Å². The van der Waals surface area contributed by atoms with Gasteiger partial charge in [-0.1, -0.05) is 29.8 Å². The largest absolute Gasteiger partial charge is 0.497 e. The molecular formula is C29H35ClN4O5. The van der Waals surface area contributed by atoms with E-state index in [0.717, 1.165) is 0 Å². The quantitative estimate of drug-likeness (QED) is 0.494. The van der Waals surface area contributed by atoms with Crippen LogP contribution >= 0.6 is 11.6 Å². The summed E-state index contributed by atoms with van der Waals surface area (Å²) in [5, 5.41) is 3.40. The number of esters is 1. The number of carbonyl (C=O) groups excluding carboxylic acids is 3. The molecule has 39 heavy (non-hydrogen) atoms. The number of nitrogens with zero attached hydrogens (tertiary/aromatic N) is 3. The van der Waals surface area contributed by atoms with Crippen LogP contribution in [0, 0.1) is 0 Å². The van der Waals surface area contributed by atoms with Gasteiger partial charge >= 0.3 is 12.0 Å². The third-order valence-electron chi connectivity index (χ3n) is 7.15. The lowest BCUT2D eigenvalue weighted by Crippen LogP contribution is -2.56. The fraction of sp³-hybridized carbons (Fsp3) is 0.414. The number of likely N-dealkylation sites (N-methyl/N-ethyl adjacent to an activating group) is 1. The smallest absolute Gasteiger partial charge is 0.338 e. The Morgan fingerprint density at radius 1 is 1.08 bits per heavy atom. The van der Waals surface area contributed by atoms with E-state index in [1.807, 2.05) is 24.8 Å². The molecule has 1 saturated heterocycles. The van der Waals surface area contributed by atoms with E-state index in [4.69, 9.17) is 21.1 Å². The second kappa shape index (κ2) is 12.5. The molecule has 0 bridgehead atoms. The molecule has 4 rings (SSSR count). The molecule has 2 aliphatic heterocycles. The van der Waals surface area contributed by atoms with Gasteiger partial charge in [-0.2, -0.15) is 0 Å². The van der Waals surface area contributed by atoms with Crippen molar-refractivity contribution in [2.75, 3.05) is 46.4 Å². The summed E-state index contributed by atoms with van der Waals surface area (Å²) in [5.74, 6) is 0.168. The van der Waals surface area contributed by atoms with E-state index in [-0.39, 0.29) is 24.6 Å². The van der Waals surface area contributed by atoms with Gasteiger partial charge in [0.2, 0.25) is 0 Å². The maximum Gasteiger partial charge on any atom is 0.338 e. The number of piperazine rings is 1. The third-order valence-corrected chi connectivity index (χ3v) is 7.49. The van der Waals surface area contributed by atoms with Gasteiger partial charge in [0.25, 0.3) is 5.91 Å². The molecule has 0 aromatic heterocycles. The lowest BCUT2D eigenvalue weighted by molar-refractivity contribution is -0.139. The summed E-state index contributed by atoms with van der Waals surface area (Å²) in [4.78, 5) is 45.4. The van der Waals surface area contributed by atoms with E-state index in [2.05, 4.69) is 10.2 Å². The number of ether oxygens (including phenoxy) is 2. The number of rotatable bonds is 8. The third kappa shape index (κ3) is 6.04. The summed E-state index contributed by atoms with van der Waals surface area (Å²) >= 11 is 6.50. The summed E-state index contributed by atoms with van der Waals surface area (Å²) in [6.45, 7) is 8.24. The Kier molecular flexibility index (Phi) is 9.14. The molecule has 0 aliphatic carbocycles. The number of halogens is 1. The van der Waals surface area contributed by atoms with Crippen LogP contribution in [0.1, 0.15) is 42.7 Å². The van der Waals surface area contributed by atoms with Gasteiger partial charge in [0.15, 0.2) is 0 Å². The summed E-state index contributed by atoms with van der Waals surface area (Å²) in [7, 11) is 1.59. The first kappa shape index (κ1) is 28.4. The van der Waals surface area contributed by atoms with Crippen LogP contribution in [0.4, 0.5) is 4.79 Å². The Balaban J connectivity index is 1.61. The molecule has 2 heterocycles. The number of methoxy groups -OCH3 is 1. The second-order valence-corrected chi connectivity index (χ2v) is 9.95. The molecule has 0 unspecified atom stereocenters. The fourth-order valence-corrected chi connectivity index (χ4v) is 5.43. The van der Waals surface area contributed by atoms with E-state index >= 15 is 0 Å². The minimum atomic E-state index is -0.738. The Labute approximate surface area is 234 Å². The van der Waals surface area contributed by atoms with Crippen molar-refractivity contribution >= 4 is 29.5 Å². The standard InChI is InChI=1S/C29H35ClN4O5/c1-5-33-24(25(28(36)39-6-2)26(31-29(33)37)22-9-7-8-10-23(22)30)18-32-15-16-34(19(3)17-32)27(35)20-11-13-21(38-4)14-12-20/h7-14,19,26H,5-6,15-18H2,1-4H3,(H,31,37)/t19-,26+/m1/s1. The normalized spacial score (nSPS) is 20.1. The Hall–Kier alpha value is -3.56. The minimum Gasteiger partial charge on any atom is -0.497 e. The summed E-state index contributed by atoms with van der Waals surface area (Å²) in [6, 6.07) is 13.1. The van der Waals surface area contributed by atoms with Crippen LogP contribution in [0.5, 0.6) is 5.75 Å². The molecule has 1 N–H and O–H groups in total. The van der Waals surface area contributed by atoms with Crippen LogP contribution in [0.2, 0.25) is 5.02 Å². The molecule has 3 amide bonds. The maximum atomic E-state index is 13.3. The van der Waals surface area contributed by atoms with Crippen molar-refractivity contribution in [3.63, 3.8) is 0 Å². The average molecular weight is 555 g/mol. The van der Waals surface area contributed by atoms with Crippen LogP contribution < -0.4 is 10.1 Å². The van der Waals surface area contributed by atoms with E-state index in [1.165, 1.54) is 0 Å². The van der Waals surface area contributed by atoms with E-state index in [9.17, 15) is 14.4 Å². The minimum absolute atomic E-state index is 0.0396. The molecule has 0 saturated carbocycles. The Morgan fingerprint density at radius 3 is 2.41 bits per heavy atom. The molecule has 208 valence electrons. The molecule has 10 heteroatoms. The van der Waals surface area contributed by atoms with E-state index < -0.39 is 12.0 Å². The number of amides is 3. The highest BCUT2D eigenvalue weighted by molar-refractivity contribution is 6.31.